The molecule has 114 valence electrons. The highest BCUT2D eigenvalue weighted by molar-refractivity contribution is 7.84. The number of benzene rings is 1. The van der Waals surface area contributed by atoms with Gasteiger partial charge in [-0.15, -0.1) is 0 Å². The van der Waals surface area contributed by atoms with Gasteiger partial charge in [0.05, 0.1) is 34.7 Å². The number of methoxy groups -OCH3 is 1. The Kier molecular flexibility index (Phi) is 4.85. The monoisotopic (exact) mass is 307 g/mol. The minimum atomic E-state index is -1.09. The van der Waals surface area contributed by atoms with Crippen molar-refractivity contribution in [3.63, 3.8) is 0 Å². The van der Waals surface area contributed by atoms with Gasteiger partial charge in [0, 0.05) is 6.54 Å². The summed E-state index contributed by atoms with van der Waals surface area (Å²) in [4.78, 5) is 0. The maximum Gasteiger partial charge on any atom is 0.137 e. The van der Waals surface area contributed by atoms with Crippen molar-refractivity contribution >= 4 is 11.0 Å². The van der Waals surface area contributed by atoms with Crippen LogP contribution in [0.4, 0.5) is 0 Å². The highest BCUT2D eigenvalue weighted by atomic mass is 32.2. The molecule has 0 saturated heterocycles. The van der Waals surface area contributed by atoms with Gasteiger partial charge in [-0.1, -0.05) is 6.07 Å². The maximum atomic E-state index is 12.0. The number of ether oxygens (including phenoxy) is 1. The van der Waals surface area contributed by atoms with E-state index in [0.717, 1.165) is 22.6 Å². The summed E-state index contributed by atoms with van der Waals surface area (Å²) in [6, 6.07) is 9.60. The zero-order valence-electron chi connectivity index (χ0n) is 12.8. The molecule has 0 aliphatic heterocycles. The molecule has 1 unspecified atom stereocenters. The minimum absolute atomic E-state index is 0.280. The molecule has 0 fully saturated rings. The second-order valence-electron chi connectivity index (χ2n) is 5.71. The second kappa shape index (κ2) is 6.45. The predicted octanol–water partition coefficient (Wildman–Crippen LogP) is 3.51. The molecular formula is C16H21NO3S. The average molecular weight is 307 g/mol. The van der Waals surface area contributed by atoms with Crippen LogP contribution in [0.2, 0.25) is 0 Å². The van der Waals surface area contributed by atoms with Gasteiger partial charge in [0.15, 0.2) is 0 Å². The fourth-order valence-electron chi connectivity index (χ4n) is 1.85. The SMILES string of the molecule is COc1cc(CNS(=O)C(C)(C)C)ccc1-c1ccco1. The Morgan fingerprint density at radius 1 is 1.29 bits per heavy atom. The molecule has 1 aromatic heterocycles. The molecule has 0 saturated carbocycles. The molecule has 0 aliphatic rings. The van der Waals surface area contributed by atoms with Gasteiger partial charge in [-0.3, -0.25) is 0 Å². The molecule has 0 spiro atoms. The van der Waals surface area contributed by atoms with Gasteiger partial charge < -0.3 is 9.15 Å². The first kappa shape index (κ1) is 15.8. The molecule has 2 rings (SSSR count). The zero-order valence-corrected chi connectivity index (χ0v) is 13.6. The van der Waals surface area contributed by atoms with Crippen LogP contribution in [-0.4, -0.2) is 16.1 Å². The van der Waals surface area contributed by atoms with E-state index >= 15 is 0 Å². The molecule has 2 aromatic rings. The first-order valence-corrected chi connectivity index (χ1v) is 7.93. The first-order valence-electron chi connectivity index (χ1n) is 6.78. The molecule has 1 aromatic carbocycles. The summed E-state index contributed by atoms with van der Waals surface area (Å²) in [6.45, 7) is 6.35. The van der Waals surface area contributed by atoms with Gasteiger partial charge in [-0.2, -0.15) is 0 Å². The number of rotatable bonds is 5. The highest BCUT2D eigenvalue weighted by Gasteiger charge is 2.19. The molecule has 0 amide bonds. The maximum absolute atomic E-state index is 12.0. The number of hydrogen-bond acceptors (Lipinski definition) is 3. The Bertz CT molecular complexity index is 615. The molecule has 0 radical (unpaired) electrons. The fraction of sp³-hybridized carbons (Fsp3) is 0.375. The summed E-state index contributed by atoms with van der Waals surface area (Å²) in [5, 5.41) is 0. The van der Waals surface area contributed by atoms with Crippen molar-refractivity contribution in [2.75, 3.05) is 7.11 Å². The summed E-state index contributed by atoms with van der Waals surface area (Å²) in [6.07, 6.45) is 1.64. The quantitative estimate of drug-likeness (QED) is 0.919. The smallest absolute Gasteiger partial charge is 0.137 e. The highest BCUT2D eigenvalue weighted by Crippen LogP contribution is 2.31. The Morgan fingerprint density at radius 2 is 2.05 bits per heavy atom. The summed E-state index contributed by atoms with van der Waals surface area (Å²) in [7, 11) is 0.541. The van der Waals surface area contributed by atoms with Crippen molar-refractivity contribution in [3.8, 4) is 17.1 Å². The lowest BCUT2D eigenvalue weighted by Crippen LogP contribution is -2.32. The molecule has 4 nitrogen and oxygen atoms in total. The van der Waals surface area contributed by atoms with E-state index in [0.29, 0.717) is 6.54 Å². The summed E-state index contributed by atoms with van der Waals surface area (Å²) < 4.78 is 25.6. The molecule has 5 heteroatoms. The second-order valence-corrected chi connectivity index (χ2v) is 7.77. The van der Waals surface area contributed by atoms with Gasteiger partial charge in [0.1, 0.15) is 11.5 Å². The Labute approximate surface area is 128 Å². The molecule has 21 heavy (non-hydrogen) atoms. The lowest BCUT2D eigenvalue weighted by molar-refractivity contribution is 0.414. The van der Waals surface area contributed by atoms with Crippen molar-refractivity contribution in [1.82, 2.24) is 4.72 Å². The molecule has 1 heterocycles. The van der Waals surface area contributed by atoms with Crippen LogP contribution in [0.1, 0.15) is 26.3 Å². The molecule has 0 bridgehead atoms. The molecule has 0 aliphatic carbocycles. The third kappa shape index (κ3) is 3.95. The summed E-state index contributed by atoms with van der Waals surface area (Å²) in [5.74, 6) is 1.51. The van der Waals surface area contributed by atoms with E-state index in [1.807, 2.05) is 51.1 Å². The van der Waals surface area contributed by atoms with Crippen LogP contribution >= 0.6 is 0 Å². The summed E-state index contributed by atoms with van der Waals surface area (Å²) in [5.41, 5.74) is 1.92. The lowest BCUT2D eigenvalue weighted by atomic mass is 10.1. The third-order valence-electron chi connectivity index (χ3n) is 3.02. The third-order valence-corrected chi connectivity index (χ3v) is 4.54. The Morgan fingerprint density at radius 3 is 2.62 bits per heavy atom. The van der Waals surface area contributed by atoms with E-state index in [1.165, 1.54) is 0 Å². The van der Waals surface area contributed by atoms with Gasteiger partial charge in [0.2, 0.25) is 0 Å². The van der Waals surface area contributed by atoms with E-state index in [4.69, 9.17) is 9.15 Å². The van der Waals surface area contributed by atoms with Crippen molar-refractivity contribution in [2.45, 2.75) is 32.1 Å². The van der Waals surface area contributed by atoms with Gasteiger partial charge in [-0.25, -0.2) is 8.93 Å². The average Bonchev–Trinajstić information content (AvgIpc) is 2.97. The van der Waals surface area contributed by atoms with E-state index in [9.17, 15) is 4.21 Å². The topological polar surface area (TPSA) is 51.5 Å². The molecular weight excluding hydrogens is 286 g/mol. The number of furan rings is 1. The van der Waals surface area contributed by atoms with Crippen LogP contribution in [0, 0.1) is 0 Å². The fourth-order valence-corrected chi connectivity index (χ4v) is 2.58. The largest absolute Gasteiger partial charge is 0.496 e. The van der Waals surface area contributed by atoms with Crippen LogP contribution in [-0.2, 0) is 17.5 Å². The van der Waals surface area contributed by atoms with Crippen molar-refractivity contribution in [3.05, 3.63) is 42.2 Å². The van der Waals surface area contributed by atoms with Crippen LogP contribution in [0.15, 0.2) is 41.0 Å². The predicted molar refractivity (Wildman–Crippen MR) is 85.4 cm³/mol. The molecule has 1 atom stereocenters. The standard InChI is InChI=1S/C16H21NO3S/c1-16(2,3)21(18)17-11-12-7-8-13(15(10-12)19-4)14-6-5-9-20-14/h5-10,17H,11H2,1-4H3. The van der Waals surface area contributed by atoms with Crippen molar-refractivity contribution < 1.29 is 13.4 Å². The first-order chi connectivity index (χ1) is 9.91. The van der Waals surface area contributed by atoms with Gasteiger partial charge in [0.25, 0.3) is 0 Å². The molecule has 1 N–H and O–H groups in total. The van der Waals surface area contributed by atoms with E-state index in [1.54, 1.807) is 13.4 Å². The van der Waals surface area contributed by atoms with Gasteiger partial charge >= 0.3 is 0 Å². The van der Waals surface area contributed by atoms with Crippen LogP contribution in [0.3, 0.4) is 0 Å². The number of hydrogen-bond donors (Lipinski definition) is 1. The zero-order chi connectivity index (χ0) is 15.5. The normalized spacial score (nSPS) is 13.1. The van der Waals surface area contributed by atoms with Gasteiger partial charge in [-0.05, 0) is 50.6 Å². The minimum Gasteiger partial charge on any atom is -0.496 e. The van der Waals surface area contributed by atoms with E-state index < -0.39 is 11.0 Å². The lowest BCUT2D eigenvalue weighted by Gasteiger charge is -2.18. The van der Waals surface area contributed by atoms with E-state index in [-0.39, 0.29) is 4.75 Å². The number of nitrogens with one attached hydrogen (secondary N) is 1. The Hall–Kier alpha value is -1.59. The Balaban J connectivity index is 2.15. The van der Waals surface area contributed by atoms with Crippen LogP contribution < -0.4 is 9.46 Å². The summed E-state index contributed by atoms with van der Waals surface area (Å²) >= 11 is 0. The van der Waals surface area contributed by atoms with Crippen molar-refractivity contribution in [2.24, 2.45) is 0 Å². The van der Waals surface area contributed by atoms with Crippen LogP contribution in [0.5, 0.6) is 5.75 Å². The van der Waals surface area contributed by atoms with Crippen molar-refractivity contribution in [1.29, 1.82) is 0 Å². The van der Waals surface area contributed by atoms with E-state index in [2.05, 4.69) is 4.72 Å². The van der Waals surface area contributed by atoms with Crippen LogP contribution in [0.25, 0.3) is 11.3 Å².